The molecule has 23 heavy (non-hydrogen) atoms. The van der Waals surface area contributed by atoms with E-state index in [4.69, 9.17) is 9.47 Å². The number of rotatable bonds is 7. The Hall–Kier alpha value is -2.44. The summed E-state index contributed by atoms with van der Waals surface area (Å²) in [5.41, 5.74) is -0.534. The fraction of sp³-hybridized carbons (Fsp3) is 0.500. The van der Waals surface area contributed by atoms with Gasteiger partial charge in [-0.25, -0.2) is 9.59 Å². The van der Waals surface area contributed by atoms with Gasteiger partial charge in [0.25, 0.3) is 0 Å². The smallest absolute Gasteiger partial charge is 0.407 e. The average molecular weight is 323 g/mol. The molecule has 0 atom stereocenters. The van der Waals surface area contributed by atoms with Gasteiger partial charge in [0, 0.05) is 13.1 Å². The number of hydrogen-bond donors (Lipinski definition) is 3. The van der Waals surface area contributed by atoms with Crippen molar-refractivity contribution < 1.29 is 19.1 Å². The number of benzene rings is 1. The minimum absolute atomic E-state index is 0.294. The van der Waals surface area contributed by atoms with Crippen LogP contribution in [0.4, 0.5) is 9.59 Å². The van der Waals surface area contributed by atoms with Crippen LogP contribution < -0.4 is 20.7 Å². The third-order valence-corrected chi connectivity index (χ3v) is 2.48. The number of amides is 3. The summed E-state index contributed by atoms with van der Waals surface area (Å²) in [5, 5.41) is 7.84. The zero-order valence-corrected chi connectivity index (χ0v) is 13.8. The summed E-state index contributed by atoms with van der Waals surface area (Å²) in [6.45, 7) is 6.74. The number of carbonyl (C=O) groups is 2. The number of hydrogen-bond acceptors (Lipinski definition) is 4. The normalized spacial score (nSPS) is 10.6. The van der Waals surface area contributed by atoms with Crippen LogP contribution in [0.3, 0.4) is 0 Å². The first-order valence-corrected chi connectivity index (χ1v) is 7.53. The van der Waals surface area contributed by atoms with E-state index in [1.54, 1.807) is 20.8 Å². The van der Waals surface area contributed by atoms with Crippen LogP contribution in [-0.2, 0) is 4.74 Å². The van der Waals surface area contributed by atoms with E-state index in [0.717, 1.165) is 5.75 Å². The highest BCUT2D eigenvalue weighted by molar-refractivity contribution is 5.73. The van der Waals surface area contributed by atoms with Crippen molar-refractivity contribution in [2.45, 2.75) is 26.4 Å². The number of carbonyl (C=O) groups excluding carboxylic acids is 2. The van der Waals surface area contributed by atoms with Gasteiger partial charge in [0.1, 0.15) is 18.0 Å². The van der Waals surface area contributed by atoms with E-state index in [9.17, 15) is 9.59 Å². The van der Waals surface area contributed by atoms with Gasteiger partial charge in [0.15, 0.2) is 0 Å². The second-order valence-electron chi connectivity index (χ2n) is 5.77. The molecule has 128 valence electrons. The molecule has 0 radical (unpaired) electrons. The lowest BCUT2D eigenvalue weighted by Crippen LogP contribution is -2.42. The van der Waals surface area contributed by atoms with Crippen LogP contribution in [0.25, 0.3) is 0 Å². The lowest BCUT2D eigenvalue weighted by Gasteiger charge is -2.19. The van der Waals surface area contributed by atoms with Crippen molar-refractivity contribution in [3.05, 3.63) is 30.3 Å². The number of urea groups is 1. The first-order valence-electron chi connectivity index (χ1n) is 7.53. The maximum Gasteiger partial charge on any atom is 0.407 e. The maximum absolute atomic E-state index is 11.5. The topological polar surface area (TPSA) is 88.7 Å². The van der Waals surface area contributed by atoms with Crippen molar-refractivity contribution in [1.29, 1.82) is 0 Å². The van der Waals surface area contributed by atoms with Crippen LogP contribution >= 0.6 is 0 Å². The van der Waals surface area contributed by atoms with E-state index >= 15 is 0 Å². The largest absolute Gasteiger partial charge is 0.492 e. The van der Waals surface area contributed by atoms with E-state index in [1.165, 1.54) is 0 Å². The van der Waals surface area contributed by atoms with Gasteiger partial charge in [0.05, 0.1) is 6.54 Å². The summed E-state index contributed by atoms with van der Waals surface area (Å²) < 4.78 is 10.5. The first-order chi connectivity index (χ1) is 10.9. The molecule has 1 aromatic rings. The summed E-state index contributed by atoms with van der Waals surface area (Å²) in [5.74, 6) is 0.760. The minimum Gasteiger partial charge on any atom is -0.492 e. The van der Waals surface area contributed by atoms with Crippen molar-refractivity contribution >= 4 is 12.1 Å². The molecule has 0 aliphatic heterocycles. The van der Waals surface area contributed by atoms with E-state index in [1.807, 2.05) is 30.3 Å². The fourth-order valence-electron chi connectivity index (χ4n) is 1.57. The van der Waals surface area contributed by atoms with Gasteiger partial charge in [-0.1, -0.05) is 18.2 Å². The molecule has 0 saturated carbocycles. The van der Waals surface area contributed by atoms with E-state index in [0.29, 0.717) is 26.2 Å². The molecule has 0 aliphatic rings. The molecule has 0 aromatic heterocycles. The molecule has 7 heteroatoms. The summed E-state index contributed by atoms with van der Waals surface area (Å²) in [6, 6.07) is 9.06. The molecule has 1 rings (SSSR count). The highest BCUT2D eigenvalue weighted by Crippen LogP contribution is 2.07. The monoisotopic (exact) mass is 323 g/mol. The number of nitrogens with one attached hydrogen (secondary N) is 3. The Morgan fingerprint density at radius 2 is 1.57 bits per heavy atom. The van der Waals surface area contributed by atoms with Crippen LogP contribution in [-0.4, -0.2) is 44.0 Å². The summed E-state index contributed by atoms with van der Waals surface area (Å²) in [6.07, 6.45) is -0.504. The van der Waals surface area contributed by atoms with Crippen molar-refractivity contribution in [3.8, 4) is 5.75 Å². The molecule has 0 heterocycles. The first kappa shape index (κ1) is 18.6. The van der Waals surface area contributed by atoms with Crippen LogP contribution in [0.2, 0.25) is 0 Å². The lowest BCUT2D eigenvalue weighted by molar-refractivity contribution is 0.0528. The van der Waals surface area contributed by atoms with Gasteiger partial charge in [-0.3, -0.25) is 0 Å². The molecule has 3 N–H and O–H groups in total. The zero-order valence-electron chi connectivity index (χ0n) is 13.8. The Morgan fingerprint density at radius 1 is 0.957 bits per heavy atom. The Balaban J connectivity index is 2.01. The molecule has 0 saturated heterocycles. The van der Waals surface area contributed by atoms with Gasteiger partial charge in [-0.05, 0) is 32.9 Å². The van der Waals surface area contributed by atoms with Crippen LogP contribution in [0.1, 0.15) is 20.8 Å². The molecule has 1 aromatic carbocycles. The Kier molecular flexibility index (Phi) is 7.73. The van der Waals surface area contributed by atoms with Crippen molar-refractivity contribution in [3.63, 3.8) is 0 Å². The molecule has 0 spiro atoms. The fourth-order valence-corrected chi connectivity index (χ4v) is 1.57. The summed E-state index contributed by atoms with van der Waals surface area (Å²) >= 11 is 0. The van der Waals surface area contributed by atoms with E-state index in [-0.39, 0.29) is 6.03 Å². The van der Waals surface area contributed by atoms with Gasteiger partial charge in [0.2, 0.25) is 0 Å². The third kappa shape index (κ3) is 10.00. The quantitative estimate of drug-likeness (QED) is 0.669. The van der Waals surface area contributed by atoms with Gasteiger partial charge < -0.3 is 25.4 Å². The molecule has 3 amide bonds. The van der Waals surface area contributed by atoms with Gasteiger partial charge in [-0.2, -0.15) is 0 Å². The highest BCUT2D eigenvalue weighted by Gasteiger charge is 2.15. The Morgan fingerprint density at radius 3 is 2.22 bits per heavy atom. The van der Waals surface area contributed by atoms with Crippen LogP contribution in [0.15, 0.2) is 30.3 Å². The molecular formula is C16H25N3O4. The SMILES string of the molecule is CC(C)(C)OC(=O)NCCNC(=O)NCCOc1ccccc1. The average Bonchev–Trinajstić information content (AvgIpc) is 2.47. The Bertz CT molecular complexity index is 486. The van der Waals surface area contributed by atoms with Crippen molar-refractivity contribution in [2.75, 3.05) is 26.2 Å². The number of ether oxygens (including phenoxy) is 2. The van der Waals surface area contributed by atoms with Gasteiger partial charge >= 0.3 is 12.1 Å². The molecule has 0 bridgehead atoms. The molecule has 7 nitrogen and oxygen atoms in total. The number of alkyl carbamates (subject to hydrolysis) is 1. The second-order valence-corrected chi connectivity index (χ2v) is 5.77. The van der Waals surface area contributed by atoms with Gasteiger partial charge in [-0.15, -0.1) is 0 Å². The highest BCUT2D eigenvalue weighted by atomic mass is 16.6. The van der Waals surface area contributed by atoms with E-state index in [2.05, 4.69) is 16.0 Å². The number of para-hydroxylation sites is 1. The molecule has 0 unspecified atom stereocenters. The molecule has 0 fully saturated rings. The van der Waals surface area contributed by atoms with Crippen LogP contribution in [0, 0.1) is 0 Å². The lowest BCUT2D eigenvalue weighted by atomic mass is 10.2. The standard InChI is InChI=1S/C16H25N3O4/c1-16(2,3)23-15(21)19-10-9-17-14(20)18-11-12-22-13-7-5-4-6-8-13/h4-8H,9-12H2,1-3H3,(H,19,21)(H2,17,18,20). The maximum atomic E-state index is 11.5. The second kappa shape index (κ2) is 9.55. The van der Waals surface area contributed by atoms with E-state index < -0.39 is 11.7 Å². The molecule has 0 aliphatic carbocycles. The van der Waals surface area contributed by atoms with Crippen molar-refractivity contribution in [2.24, 2.45) is 0 Å². The third-order valence-electron chi connectivity index (χ3n) is 2.48. The summed E-state index contributed by atoms with van der Waals surface area (Å²) in [4.78, 5) is 22.9. The zero-order chi connectivity index (χ0) is 17.1. The van der Waals surface area contributed by atoms with Crippen LogP contribution in [0.5, 0.6) is 5.75 Å². The predicted molar refractivity (Wildman–Crippen MR) is 87.6 cm³/mol. The Labute approximate surface area is 136 Å². The molecular weight excluding hydrogens is 298 g/mol. The summed E-state index contributed by atoms with van der Waals surface area (Å²) in [7, 11) is 0. The van der Waals surface area contributed by atoms with Crippen molar-refractivity contribution in [1.82, 2.24) is 16.0 Å². The predicted octanol–water partition coefficient (Wildman–Crippen LogP) is 1.89. The minimum atomic E-state index is -0.534.